The number of hydrogen-bond donors (Lipinski definition) is 2. The number of carbonyl (C=O) groups is 3. The van der Waals surface area contributed by atoms with Gasteiger partial charge in [0.15, 0.2) is 0 Å². The van der Waals surface area contributed by atoms with Gasteiger partial charge in [-0.15, -0.1) is 11.3 Å². The van der Waals surface area contributed by atoms with Crippen molar-refractivity contribution in [3.63, 3.8) is 0 Å². The van der Waals surface area contributed by atoms with Gasteiger partial charge in [-0.1, -0.05) is 30.3 Å². The summed E-state index contributed by atoms with van der Waals surface area (Å²) in [6.07, 6.45) is 0. The second kappa shape index (κ2) is 9.37. The lowest BCUT2D eigenvalue weighted by Crippen LogP contribution is -2.35. The summed E-state index contributed by atoms with van der Waals surface area (Å²) < 4.78 is 0. The molecule has 3 amide bonds. The highest BCUT2D eigenvalue weighted by Gasteiger charge is 2.17. The number of nitrogens with one attached hydrogen (secondary N) is 2. The molecule has 154 valence electrons. The number of para-hydroxylation sites is 1. The first-order valence-corrected chi connectivity index (χ1v) is 10.3. The Morgan fingerprint density at radius 2 is 1.63 bits per heavy atom. The second-order valence-corrected chi connectivity index (χ2v) is 7.94. The highest BCUT2D eigenvalue weighted by Crippen LogP contribution is 2.20. The fraction of sp³-hybridized carbons (Fsp3) is 0.174. The zero-order valence-corrected chi connectivity index (χ0v) is 17.9. The number of thiophene rings is 1. The third-order valence-electron chi connectivity index (χ3n) is 4.59. The molecule has 0 aliphatic heterocycles. The molecule has 30 heavy (non-hydrogen) atoms. The molecule has 0 aliphatic rings. The Hall–Kier alpha value is -3.45. The summed E-state index contributed by atoms with van der Waals surface area (Å²) in [6, 6.07) is 16.0. The Morgan fingerprint density at radius 1 is 0.933 bits per heavy atom. The van der Waals surface area contributed by atoms with Crippen LogP contribution in [0.4, 0.5) is 11.4 Å². The molecule has 1 heterocycles. The highest BCUT2D eigenvalue weighted by molar-refractivity contribution is 7.12. The summed E-state index contributed by atoms with van der Waals surface area (Å²) in [4.78, 5) is 39.4. The molecule has 0 spiro atoms. The Balaban J connectivity index is 1.64. The standard InChI is InChI=1S/C23H23N3O3S/c1-15-7-4-8-16(2)21(15)25-20(27)14-26(3)23(29)17-9-5-10-18(13-17)24-22(28)19-11-6-12-30-19/h4-13H,14H2,1-3H3,(H,24,28)(H,25,27). The van der Waals surface area contributed by atoms with Gasteiger partial charge >= 0.3 is 0 Å². The van der Waals surface area contributed by atoms with Crippen LogP contribution in [0.2, 0.25) is 0 Å². The Labute approximate surface area is 179 Å². The van der Waals surface area contributed by atoms with Gasteiger partial charge in [0.2, 0.25) is 5.91 Å². The minimum atomic E-state index is -0.307. The van der Waals surface area contributed by atoms with Gasteiger partial charge in [-0.25, -0.2) is 0 Å². The lowest BCUT2D eigenvalue weighted by molar-refractivity contribution is -0.116. The first-order valence-electron chi connectivity index (χ1n) is 9.41. The van der Waals surface area contributed by atoms with E-state index in [0.29, 0.717) is 16.1 Å². The number of anilines is 2. The minimum absolute atomic E-state index is 0.0849. The van der Waals surface area contributed by atoms with E-state index in [-0.39, 0.29) is 24.3 Å². The van der Waals surface area contributed by atoms with Crippen molar-refractivity contribution in [2.24, 2.45) is 0 Å². The highest BCUT2D eigenvalue weighted by atomic mass is 32.1. The lowest BCUT2D eigenvalue weighted by atomic mass is 10.1. The maximum Gasteiger partial charge on any atom is 0.265 e. The van der Waals surface area contributed by atoms with Crippen molar-refractivity contribution in [1.82, 2.24) is 4.90 Å². The summed E-state index contributed by atoms with van der Waals surface area (Å²) in [5.74, 6) is -0.805. The van der Waals surface area contributed by atoms with Crippen LogP contribution in [-0.4, -0.2) is 36.2 Å². The molecule has 3 aromatic rings. The summed E-state index contributed by atoms with van der Waals surface area (Å²) in [7, 11) is 1.57. The maximum atomic E-state index is 12.8. The molecule has 0 atom stereocenters. The Kier molecular flexibility index (Phi) is 6.64. The van der Waals surface area contributed by atoms with Gasteiger partial charge in [0.05, 0.1) is 11.4 Å². The summed E-state index contributed by atoms with van der Waals surface area (Å²) in [5.41, 5.74) is 3.61. The van der Waals surface area contributed by atoms with E-state index in [1.165, 1.54) is 16.2 Å². The number of carbonyl (C=O) groups excluding carboxylic acids is 3. The fourth-order valence-electron chi connectivity index (χ4n) is 3.03. The van der Waals surface area contributed by atoms with Crippen LogP contribution in [-0.2, 0) is 4.79 Å². The SMILES string of the molecule is Cc1cccc(C)c1NC(=O)CN(C)C(=O)c1cccc(NC(=O)c2cccs2)c1. The molecule has 0 saturated heterocycles. The van der Waals surface area contributed by atoms with Gasteiger partial charge < -0.3 is 15.5 Å². The molecule has 0 aliphatic carbocycles. The molecule has 2 aromatic carbocycles. The smallest absolute Gasteiger partial charge is 0.265 e. The van der Waals surface area contributed by atoms with Gasteiger partial charge in [0.25, 0.3) is 11.8 Å². The quantitative estimate of drug-likeness (QED) is 0.622. The van der Waals surface area contributed by atoms with Crippen LogP contribution in [0.3, 0.4) is 0 Å². The number of benzene rings is 2. The van der Waals surface area contributed by atoms with E-state index in [2.05, 4.69) is 10.6 Å². The third kappa shape index (κ3) is 5.12. The Bertz CT molecular complexity index is 1060. The van der Waals surface area contributed by atoms with Crippen LogP contribution >= 0.6 is 11.3 Å². The summed E-state index contributed by atoms with van der Waals surface area (Å²) in [5, 5.41) is 7.49. The minimum Gasteiger partial charge on any atom is -0.332 e. The van der Waals surface area contributed by atoms with Gasteiger partial charge in [0.1, 0.15) is 0 Å². The van der Waals surface area contributed by atoms with Gasteiger partial charge in [0, 0.05) is 24.0 Å². The van der Waals surface area contributed by atoms with Gasteiger partial charge in [-0.05, 0) is 54.6 Å². The first kappa shape index (κ1) is 21.3. The molecular weight excluding hydrogens is 398 g/mol. The molecule has 7 heteroatoms. The van der Waals surface area contributed by atoms with E-state index in [4.69, 9.17) is 0 Å². The molecule has 2 N–H and O–H groups in total. The zero-order chi connectivity index (χ0) is 21.7. The summed E-state index contributed by atoms with van der Waals surface area (Å²) in [6.45, 7) is 3.76. The van der Waals surface area contributed by atoms with Crippen LogP contribution in [0.25, 0.3) is 0 Å². The van der Waals surface area contributed by atoms with Crippen molar-refractivity contribution in [3.8, 4) is 0 Å². The maximum absolute atomic E-state index is 12.8. The first-order chi connectivity index (χ1) is 14.3. The fourth-order valence-corrected chi connectivity index (χ4v) is 3.65. The predicted molar refractivity (Wildman–Crippen MR) is 120 cm³/mol. The van der Waals surface area contributed by atoms with Gasteiger partial charge in [-0.2, -0.15) is 0 Å². The lowest BCUT2D eigenvalue weighted by Gasteiger charge is -2.18. The molecular formula is C23H23N3O3S. The normalized spacial score (nSPS) is 10.4. The molecule has 0 unspecified atom stereocenters. The van der Waals surface area contributed by atoms with Crippen LogP contribution < -0.4 is 10.6 Å². The third-order valence-corrected chi connectivity index (χ3v) is 5.45. The average molecular weight is 422 g/mol. The largest absolute Gasteiger partial charge is 0.332 e. The van der Waals surface area contributed by atoms with Crippen LogP contribution in [0.15, 0.2) is 60.0 Å². The summed E-state index contributed by atoms with van der Waals surface area (Å²) >= 11 is 1.34. The van der Waals surface area contributed by atoms with Crippen LogP contribution in [0.1, 0.15) is 31.2 Å². The molecule has 0 bridgehead atoms. The second-order valence-electron chi connectivity index (χ2n) is 6.99. The Morgan fingerprint density at radius 3 is 2.30 bits per heavy atom. The predicted octanol–water partition coefficient (Wildman–Crippen LogP) is 4.33. The number of nitrogens with zero attached hydrogens (tertiary/aromatic N) is 1. The molecule has 6 nitrogen and oxygen atoms in total. The number of likely N-dealkylation sites (N-methyl/N-ethyl adjacent to an activating group) is 1. The van der Waals surface area contributed by atoms with E-state index < -0.39 is 0 Å². The number of aryl methyl sites for hydroxylation is 2. The van der Waals surface area contributed by atoms with E-state index in [1.54, 1.807) is 43.4 Å². The zero-order valence-electron chi connectivity index (χ0n) is 17.1. The van der Waals surface area contributed by atoms with Crippen molar-refractivity contribution in [2.45, 2.75) is 13.8 Å². The molecule has 0 fully saturated rings. The molecule has 3 rings (SSSR count). The van der Waals surface area contributed by atoms with Crippen molar-refractivity contribution in [1.29, 1.82) is 0 Å². The van der Waals surface area contributed by atoms with Crippen LogP contribution in [0.5, 0.6) is 0 Å². The molecule has 0 saturated carbocycles. The van der Waals surface area contributed by atoms with Gasteiger partial charge in [-0.3, -0.25) is 14.4 Å². The number of hydrogen-bond acceptors (Lipinski definition) is 4. The van der Waals surface area contributed by atoms with Crippen molar-refractivity contribution >= 4 is 40.4 Å². The van der Waals surface area contributed by atoms with Crippen LogP contribution in [0, 0.1) is 13.8 Å². The van der Waals surface area contributed by atoms with Crippen molar-refractivity contribution in [2.75, 3.05) is 24.2 Å². The average Bonchev–Trinajstić information content (AvgIpc) is 3.25. The van der Waals surface area contributed by atoms with Crippen molar-refractivity contribution in [3.05, 3.63) is 81.5 Å². The molecule has 1 aromatic heterocycles. The van der Waals surface area contributed by atoms with E-state index in [0.717, 1.165) is 16.8 Å². The monoisotopic (exact) mass is 421 g/mol. The van der Waals surface area contributed by atoms with E-state index >= 15 is 0 Å². The number of amides is 3. The van der Waals surface area contributed by atoms with E-state index in [1.807, 2.05) is 37.4 Å². The van der Waals surface area contributed by atoms with E-state index in [9.17, 15) is 14.4 Å². The molecule has 0 radical (unpaired) electrons. The number of rotatable bonds is 6. The van der Waals surface area contributed by atoms with Crippen molar-refractivity contribution < 1.29 is 14.4 Å². The topological polar surface area (TPSA) is 78.5 Å².